The number of esters is 3. The number of cyclic esters (lactones) is 3. The lowest BCUT2D eigenvalue weighted by Gasteiger charge is -2.32. The van der Waals surface area contributed by atoms with Crippen LogP contribution in [0.5, 0.6) is 0 Å². The van der Waals surface area contributed by atoms with Gasteiger partial charge in [0.2, 0.25) is 0 Å². The van der Waals surface area contributed by atoms with Crippen LogP contribution in [0.25, 0.3) is 0 Å². The minimum atomic E-state index is -1.28. The van der Waals surface area contributed by atoms with Gasteiger partial charge in [0.05, 0.1) is 0 Å². The maximum Gasteiger partial charge on any atom is 0.348 e. The first-order chi connectivity index (χ1) is 11.6. The van der Waals surface area contributed by atoms with Crippen LogP contribution in [0, 0.1) is 0 Å². The molecule has 25 heavy (non-hydrogen) atoms. The highest BCUT2D eigenvalue weighted by atomic mass is 16.8. The third kappa shape index (κ3) is 4.20. The van der Waals surface area contributed by atoms with E-state index in [4.69, 9.17) is 18.9 Å². The number of rotatable bonds is 4. The molecule has 0 radical (unpaired) electrons. The number of carbonyl (C=O) groups is 3. The summed E-state index contributed by atoms with van der Waals surface area (Å²) in [7, 11) is 0. The predicted octanol–water partition coefficient (Wildman–Crippen LogP) is 2.16. The first-order valence-corrected chi connectivity index (χ1v) is 7.77. The van der Waals surface area contributed by atoms with Gasteiger partial charge in [-0.15, -0.1) is 0 Å². The second-order valence-corrected chi connectivity index (χ2v) is 6.21. The van der Waals surface area contributed by atoms with E-state index in [2.05, 4.69) is 0 Å². The van der Waals surface area contributed by atoms with Crippen molar-refractivity contribution in [3.05, 3.63) is 35.3 Å². The van der Waals surface area contributed by atoms with E-state index >= 15 is 0 Å². The van der Waals surface area contributed by atoms with Gasteiger partial charge in [0.15, 0.2) is 0 Å². The third-order valence-corrected chi connectivity index (χ3v) is 3.42. The lowest BCUT2D eigenvalue weighted by molar-refractivity contribution is -0.231. The molecular weight excluding hydrogens is 332 g/mol. The van der Waals surface area contributed by atoms with E-state index in [9.17, 15) is 19.5 Å². The Morgan fingerprint density at radius 1 is 0.960 bits per heavy atom. The lowest BCUT2D eigenvalue weighted by atomic mass is 10.1. The van der Waals surface area contributed by atoms with Crippen molar-refractivity contribution in [2.45, 2.75) is 52.1 Å². The summed E-state index contributed by atoms with van der Waals surface area (Å²) >= 11 is 0. The molecule has 0 spiro atoms. The molecular formula is C17H20O8. The van der Waals surface area contributed by atoms with Crippen LogP contribution >= 0.6 is 0 Å². The average Bonchev–Trinajstić information content (AvgIpc) is 2.42. The molecule has 1 N–H and O–H groups in total. The van der Waals surface area contributed by atoms with Crippen LogP contribution in [0.3, 0.4) is 0 Å². The first-order valence-electron chi connectivity index (χ1n) is 7.77. The maximum absolute atomic E-state index is 12.0. The zero-order valence-corrected chi connectivity index (χ0v) is 14.5. The number of allylic oxidation sites excluding steroid dienone is 2. The highest BCUT2D eigenvalue weighted by molar-refractivity contribution is 6.15. The van der Waals surface area contributed by atoms with E-state index in [0.29, 0.717) is 12.8 Å². The number of hydrogen-bond donors (Lipinski definition) is 1. The van der Waals surface area contributed by atoms with Crippen molar-refractivity contribution in [2.24, 2.45) is 0 Å². The molecule has 8 nitrogen and oxygen atoms in total. The minimum Gasteiger partial charge on any atom is -0.480 e. The van der Waals surface area contributed by atoms with Crippen LogP contribution in [0.4, 0.5) is 0 Å². The van der Waals surface area contributed by atoms with E-state index in [0.717, 1.165) is 12.2 Å². The molecule has 0 atom stereocenters. The highest BCUT2D eigenvalue weighted by Crippen LogP contribution is 2.28. The fraction of sp³-hybridized carbons (Fsp3) is 0.471. The molecule has 0 aliphatic carbocycles. The van der Waals surface area contributed by atoms with Gasteiger partial charge < -0.3 is 24.1 Å². The van der Waals surface area contributed by atoms with Gasteiger partial charge in [-0.25, -0.2) is 14.4 Å². The van der Waals surface area contributed by atoms with Crippen LogP contribution in [0.1, 0.15) is 40.5 Å². The molecule has 0 unspecified atom stereocenters. The zero-order chi connectivity index (χ0) is 18.8. The molecule has 0 aromatic rings. The molecule has 136 valence electrons. The molecule has 2 aliphatic heterocycles. The fourth-order valence-corrected chi connectivity index (χ4v) is 2.35. The number of hydrogen-bond acceptors (Lipinski definition) is 8. The summed E-state index contributed by atoms with van der Waals surface area (Å²) in [5.41, 5.74) is -0.570. The minimum absolute atomic E-state index is 0.246. The molecule has 0 bridgehead atoms. The first kappa shape index (κ1) is 18.6. The molecule has 0 aromatic carbocycles. The van der Waals surface area contributed by atoms with Crippen molar-refractivity contribution >= 4 is 17.9 Å². The van der Waals surface area contributed by atoms with Gasteiger partial charge in [-0.05, 0) is 18.6 Å². The summed E-state index contributed by atoms with van der Waals surface area (Å²) in [6.45, 7) is 6.31. The molecule has 2 heterocycles. The monoisotopic (exact) mass is 352 g/mol. The van der Waals surface area contributed by atoms with Crippen molar-refractivity contribution in [3.63, 3.8) is 0 Å². The number of ether oxygens (including phenoxy) is 4. The SMILES string of the molecule is CCCC1(C)OC(=O)C(=CC=CC2=C(O)OC(C)(C)OC2=O)C(=O)O1. The third-order valence-electron chi connectivity index (χ3n) is 3.42. The lowest BCUT2D eigenvalue weighted by Crippen LogP contribution is -2.44. The molecule has 2 aliphatic rings. The van der Waals surface area contributed by atoms with Crippen molar-refractivity contribution in [1.29, 1.82) is 0 Å². The van der Waals surface area contributed by atoms with E-state index in [1.165, 1.54) is 26.8 Å². The van der Waals surface area contributed by atoms with Crippen LogP contribution in [-0.4, -0.2) is 34.6 Å². The zero-order valence-electron chi connectivity index (χ0n) is 14.5. The second-order valence-electron chi connectivity index (χ2n) is 6.21. The fourth-order valence-electron chi connectivity index (χ4n) is 2.35. The molecule has 2 rings (SSSR count). The predicted molar refractivity (Wildman–Crippen MR) is 83.6 cm³/mol. The van der Waals surface area contributed by atoms with Crippen LogP contribution < -0.4 is 0 Å². The summed E-state index contributed by atoms with van der Waals surface area (Å²) in [6.07, 6.45) is 4.55. The Kier molecular flexibility index (Phi) is 4.92. The summed E-state index contributed by atoms with van der Waals surface area (Å²) in [5.74, 6) is -5.61. The normalized spacial score (nSPS) is 26.1. The second kappa shape index (κ2) is 6.62. The quantitative estimate of drug-likeness (QED) is 0.466. The average molecular weight is 352 g/mol. The summed E-state index contributed by atoms with van der Waals surface area (Å²) in [6, 6.07) is 0. The Morgan fingerprint density at radius 2 is 1.56 bits per heavy atom. The topological polar surface area (TPSA) is 108 Å². The molecule has 1 fully saturated rings. The Balaban J connectivity index is 2.17. The van der Waals surface area contributed by atoms with Gasteiger partial charge in [-0.3, -0.25) is 0 Å². The molecule has 0 saturated carbocycles. The van der Waals surface area contributed by atoms with Crippen LogP contribution in [0.15, 0.2) is 35.3 Å². The Morgan fingerprint density at radius 3 is 2.08 bits per heavy atom. The van der Waals surface area contributed by atoms with Gasteiger partial charge >= 0.3 is 17.9 Å². The Bertz CT molecular complexity index is 675. The van der Waals surface area contributed by atoms with Crippen molar-refractivity contribution in [2.75, 3.05) is 0 Å². The van der Waals surface area contributed by atoms with Gasteiger partial charge in [0, 0.05) is 27.2 Å². The Hall–Kier alpha value is -2.77. The molecule has 8 heteroatoms. The van der Waals surface area contributed by atoms with Gasteiger partial charge in [0.25, 0.3) is 17.5 Å². The van der Waals surface area contributed by atoms with Gasteiger partial charge in [-0.1, -0.05) is 13.0 Å². The smallest absolute Gasteiger partial charge is 0.348 e. The van der Waals surface area contributed by atoms with E-state index < -0.39 is 35.4 Å². The van der Waals surface area contributed by atoms with Crippen molar-refractivity contribution in [1.82, 2.24) is 0 Å². The molecule has 1 saturated heterocycles. The molecule has 0 amide bonds. The van der Waals surface area contributed by atoms with Gasteiger partial charge in [-0.2, -0.15) is 0 Å². The van der Waals surface area contributed by atoms with E-state index in [-0.39, 0.29) is 11.1 Å². The number of carbonyl (C=O) groups excluding carboxylic acids is 3. The summed E-state index contributed by atoms with van der Waals surface area (Å²) in [5, 5.41) is 9.74. The number of aliphatic hydroxyl groups excluding tert-OH is 1. The molecule has 0 aromatic heterocycles. The summed E-state index contributed by atoms with van der Waals surface area (Å²) < 4.78 is 20.3. The Labute approximate surface area is 144 Å². The largest absolute Gasteiger partial charge is 0.480 e. The van der Waals surface area contributed by atoms with Crippen LogP contribution in [0.2, 0.25) is 0 Å². The van der Waals surface area contributed by atoms with E-state index in [1.807, 2.05) is 6.92 Å². The standard InChI is InChI=1S/C17H20O8/c1-5-9-17(4)24-14(20)11(15(21)25-17)8-6-7-10-12(18)22-16(2,3)23-13(10)19/h6-8,18H,5,9H2,1-4H3. The van der Waals surface area contributed by atoms with Crippen molar-refractivity contribution in [3.8, 4) is 0 Å². The maximum atomic E-state index is 12.0. The van der Waals surface area contributed by atoms with Gasteiger partial charge in [0.1, 0.15) is 11.1 Å². The van der Waals surface area contributed by atoms with E-state index in [1.54, 1.807) is 0 Å². The highest BCUT2D eigenvalue weighted by Gasteiger charge is 2.41. The van der Waals surface area contributed by atoms with Crippen LogP contribution in [-0.2, 0) is 33.3 Å². The number of aliphatic hydroxyl groups is 1. The van der Waals surface area contributed by atoms with Crippen molar-refractivity contribution < 1.29 is 38.4 Å². The summed E-state index contributed by atoms with van der Waals surface area (Å²) in [4.78, 5) is 35.8.